The predicted octanol–water partition coefficient (Wildman–Crippen LogP) is 1.73. The number of hydrogen-bond acceptors (Lipinski definition) is 4. The molecule has 1 aromatic heterocycles. The molecule has 0 radical (unpaired) electrons. The van der Waals surface area contributed by atoms with Crippen molar-refractivity contribution in [3.63, 3.8) is 0 Å². The van der Waals surface area contributed by atoms with E-state index in [-0.39, 0.29) is 5.97 Å². The van der Waals surface area contributed by atoms with Gasteiger partial charge in [0.2, 0.25) is 0 Å². The molecular formula is C13H23N3O2. The van der Waals surface area contributed by atoms with Gasteiger partial charge in [0, 0.05) is 13.6 Å². The SMILES string of the molecule is CCOC(=O)c1cnn(C)c1CNCC(C)CC. The Labute approximate surface area is 109 Å². The molecule has 102 valence electrons. The summed E-state index contributed by atoms with van der Waals surface area (Å²) in [4.78, 5) is 11.7. The molecule has 18 heavy (non-hydrogen) atoms. The lowest BCUT2D eigenvalue weighted by molar-refractivity contribution is 0.0524. The Hall–Kier alpha value is -1.36. The fourth-order valence-electron chi connectivity index (χ4n) is 1.63. The van der Waals surface area contributed by atoms with Crippen molar-refractivity contribution in [1.82, 2.24) is 15.1 Å². The highest BCUT2D eigenvalue weighted by Gasteiger charge is 2.16. The first-order chi connectivity index (χ1) is 8.60. The second-order valence-corrected chi connectivity index (χ2v) is 4.49. The third kappa shape index (κ3) is 3.84. The second-order valence-electron chi connectivity index (χ2n) is 4.49. The fourth-order valence-corrected chi connectivity index (χ4v) is 1.63. The summed E-state index contributed by atoms with van der Waals surface area (Å²) in [6.45, 7) is 8.12. The number of esters is 1. The highest BCUT2D eigenvalue weighted by molar-refractivity contribution is 5.90. The van der Waals surface area contributed by atoms with Crippen LogP contribution in [0.1, 0.15) is 43.2 Å². The Kier molecular flexibility index (Phi) is 5.85. The van der Waals surface area contributed by atoms with Crippen LogP contribution in [0.15, 0.2) is 6.20 Å². The van der Waals surface area contributed by atoms with E-state index >= 15 is 0 Å². The van der Waals surface area contributed by atoms with Crippen molar-refractivity contribution in [2.45, 2.75) is 33.7 Å². The van der Waals surface area contributed by atoms with E-state index in [1.807, 2.05) is 7.05 Å². The van der Waals surface area contributed by atoms with Gasteiger partial charge in [-0.05, 0) is 19.4 Å². The molecule has 0 fully saturated rings. The minimum absolute atomic E-state index is 0.300. The van der Waals surface area contributed by atoms with Crippen LogP contribution in [0, 0.1) is 5.92 Å². The van der Waals surface area contributed by atoms with Crippen LogP contribution in [0.5, 0.6) is 0 Å². The molecule has 0 aromatic carbocycles. The summed E-state index contributed by atoms with van der Waals surface area (Å²) in [5.41, 5.74) is 1.42. The summed E-state index contributed by atoms with van der Waals surface area (Å²) in [6, 6.07) is 0. The summed E-state index contributed by atoms with van der Waals surface area (Å²) in [5.74, 6) is 0.329. The molecule has 0 saturated carbocycles. The minimum Gasteiger partial charge on any atom is -0.462 e. The zero-order valence-electron chi connectivity index (χ0n) is 11.7. The molecule has 1 heterocycles. The van der Waals surface area contributed by atoms with Crippen LogP contribution >= 0.6 is 0 Å². The molecule has 1 rings (SSSR count). The number of ether oxygens (including phenoxy) is 1. The van der Waals surface area contributed by atoms with Crippen LogP contribution in [0.2, 0.25) is 0 Å². The first kappa shape index (κ1) is 14.7. The molecule has 0 aliphatic rings. The topological polar surface area (TPSA) is 56.1 Å². The molecule has 1 unspecified atom stereocenters. The molecule has 1 atom stereocenters. The number of hydrogen-bond donors (Lipinski definition) is 1. The van der Waals surface area contributed by atoms with E-state index in [4.69, 9.17) is 4.74 Å². The maximum absolute atomic E-state index is 11.7. The van der Waals surface area contributed by atoms with E-state index in [9.17, 15) is 4.79 Å². The van der Waals surface area contributed by atoms with Gasteiger partial charge >= 0.3 is 5.97 Å². The van der Waals surface area contributed by atoms with Crippen molar-refractivity contribution in [2.24, 2.45) is 13.0 Å². The van der Waals surface area contributed by atoms with E-state index < -0.39 is 0 Å². The molecular weight excluding hydrogens is 230 g/mol. The van der Waals surface area contributed by atoms with E-state index in [1.165, 1.54) is 0 Å². The van der Waals surface area contributed by atoms with Crippen molar-refractivity contribution in [1.29, 1.82) is 0 Å². The number of aromatic nitrogens is 2. The van der Waals surface area contributed by atoms with Crippen molar-refractivity contribution < 1.29 is 9.53 Å². The standard InChI is InChI=1S/C13H23N3O2/c1-5-10(3)7-14-9-12-11(8-15-16(12)4)13(17)18-6-2/h8,10,14H,5-7,9H2,1-4H3. The van der Waals surface area contributed by atoms with E-state index in [0.29, 0.717) is 24.6 Å². The Morgan fingerprint density at radius 1 is 1.56 bits per heavy atom. The van der Waals surface area contributed by atoms with Crippen LogP contribution in [-0.4, -0.2) is 28.9 Å². The first-order valence-corrected chi connectivity index (χ1v) is 6.48. The number of rotatable bonds is 7. The normalized spacial score (nSPS) is 12.4. The number of aryl methyl sites for hydroxylation is 1. The zero-order chi connectivity index (χ0) is 13.5. The van der Waals surface area contributed by atoms with Crippen molar-refractivity contribution >= 4 is 5.97 Å². The lowest BCUT2D eigenvalue weighted by Crippen LogP contribution is -2.23. The lowest BCUT2D eigenvalue weighted by Gasteiger charge is -2.11. The van der Waals surface area contributed by atoms with Crippen LogP contribution in [0.4, 0.5) is 0 Å². The zero-order valence-corrected chi connectivity index (χ0v) is 11.7. The summed E-state index contributed by atoms with van der Waals surface area (Å²) in [6.07, 6.45) is 2.71. The van der Waals surface area contributed by atoms with Gasteiger partial charge in [-0.15, -0.1) is 0 Å². The monoisotopic (exact) mass is 253 g/mol. The molecule has 0 aliphatic heterocycles. The van der Waals surface area contributed by atoms with Crippen molar-refractivity contribution in [3.8, 4) is 0 Å². The molecule has 5 nitrogen and oxygen atoms in total. The molecule has 1 N–H and O–H groups in total. The van der Waals surface area contributed by atoms with Crippen molar-refractivity contribution in [3.05, 3.63) is 17.5 Å². The summed E-state index contributed by atoms with van der Waals surface area (Å²) >= 11 is 0. The van der Waals surface area contributed by atoms with Gasteiger partial charge in [0.1, 0.15) is 5.56 Å². The van der Waals surface area contributed by atoms with Crippen LogP contribution < -0.4 is 5.32 Å². The second kappa shape index (κ2) is 7.16. The predicted molar refractivity (Wildman–Crippen MR) is 70.3 cm³/mol. The fraction of sp³-hybridized carbons (Fsp3) is 0.692. The number of nitrogens with one attached hydrogen (secondary N) is 1. The Balaban J connectivity index is 2.64. The maximum Gasteiger partial charge on any atom is 0.341 e. The molecule has 0 saturated heterocycles. The third-order valence-electron chi connectivity index (χ3n) is 3.04. The van der Waals surface area contributed by atoms with Gasteiger partial charge in [-0.2, -0.15) is 5.10 Å². The lowest BCUT2D eigenvalue weighted by atomic mass is 10.1. The van der Waals surface area contributed by atoms with E-state index in [2.05, 4.69) is 24.3 Å². The average Bonchev–Trinajstić information content (AvgIpc) is 2.71. The Morgan fingerprint density at radius 2 is 2.28 bits per heavy atom. The van der Waals surface area contributed by atoms with Gasteiger partial charge in [-0.1, -0.05) is 20.3 Å². The molecule has 0 aliphatic carbocycles. The van der Waals surface area contributed by atoms with Gasteiger partial charge in [0.05, 0.1) is 18.5 Å². The summed E-state index contributed by atoms with van der Waals surface area (Å²) in [5, 5.41) is 7.46. The highest BCUT2D eigenvalue weighted by Crippen LogP contribution is 2.09. The quantitative estimate of drug-likeness (QED) is 0.752. The maximum atomic E-state index is 11.7. The Morgan fingerprint density at radius 3 is 2.89 bits per heavy atom. The van der Waals surface area contributed by atoms with Gasteiger partial charge in [-0.25, -0.2) is 4.79 Å². The number of nitrogens with zero attached hydrogens (tertiary/aromatic N) is 2. The van der Waals surface area contributed by atoms with Gasteiger partial charge in [0.25, 0.3) is 0 Å². The highest BCUT2D eigenvalue weighted by atomic mass is 16.5. The molecule has 5 heteroatoms. The molecule has 0 spiro atoms. The van der Waals surface area contributed by atoms with Gasteiger partial charge in [0.15, 0.2) is 0 Å². The van der Waals surface area contributed by atoms with Gasteiger partial charge < -0.3 is 10.1 Å². The number of carbonyl (C=O) groups excluding carboxylic acids is 1. The molecule has 1 aromatic rings. The summed E-state index contributed by atoms with van der Waals surface area (Å²) < 4.78 is 6.73. The first-order valence-electron chi connectivity index (χ1n) is 6.48. The average molecular weight is 253 g/mol. The van der Waals surface area contributed by atoms with Gasteiger partial charge in [-0.3, -0.25) is 4.68 Å². The van der Waals surface area contributed by atoms with Crippen LogP contribution in [-0.2, 0) is 18.3 Å². The third-order valence-corrected chi connectivity index (χ3v) is 3.04. The molecule has 0 bridgehead atoms. The van der Waals surface area contributed by atoms with Crippen LogP contribution in [0.25, 0.3) is 0 Å². The largest absolute Gasteiger partial charge is 0.462 e. The Bertz CT molecular complexity index is 388. The van der Waals surface area contributed by atoms with E-state index in [0.717, 1.165) is 18.7 Å². The molecule has 0 amide bonds. The smallest absolute Gasteiger partial charge is 0.341 e. The van der Waals surface area contributed by atoms with Crippen molar-refractivity contribution in [2.75, 3.05) is 13.2 Å². The summed E-state index contributed by atoms with van der Waals surface area (Å²) in [7, 11) is 1.84. The minimum atomic E-state index is -0.300. The van der Waals surface area contributed by atoms with E-state index in [1.54, 1.807) is 17.8 Å². The van der Waals surface area contributed by atoms with Crippen LogP contribution in [0.3, 0.4) is 0 Å². The number of carbonyl (C=O) groups is 1.